The van der Waals surface area contributed by atoms with Crippen molar-refractivity contribution in [1.29, 1.82) is 0 Å². The molecule has 1 aliphatic rings. The first kappa shape index (κ1) is 7.55. The van der Waals surface area contributed by atoms with E-state index in [9.17, 15) is 0 Å². The lowest BCUT2D eigenvalue weighted by Gasteiger charge is -2.20. The number of methoxy groups -OCH3 is 1. The maximum atomic E-state index is 5.26. The second-order valence-corrected chi connectivity index (χ2v) is 2.56. The van der Waals surface area contributed by atoms with Gasteiger partial charge in [0.05, 0.1) is 6.10 Å². The summed E-state index contributed by atoms with van der Waals surface area (Å²) in [5, 5.41) is 0. The van der Waals surface area contributed by atoms with Crippen LogP contribution in [-0.4, -0.2) is 13.2 Å². The molecule has 1 aliphatic carbocycles. The number of ether oxygens (including phenoxy) is 1. The van der Waals surface area contributed by atoms with E-state index in [1.165, 1.54) is 18.4 Å². The Bertz CT molecular complexity index is 147. The average Bonchev–Trinajstić information content (AvgIpc) is 2.04. The van der Waals surface area contributed by atoms with E-state index in [0.29, 0.717) is 6.10 Å². The highest BCUT2D eigenvalue weighted by atomic mass is 16.5. The van der Waals surface area contributed by atoms with Crippen molar-refractivity contribution in [2.24, 2.45) is 0 Å². The van der Waals surface area contributed by atoms with Crippen LogP contribution in [0.4, 0.5) is 0 Å². The van der Waals surface area contributed by atoms with Gasteiger partial charge in [0, 0.05) is 7.11 Å². The number of allylic oxidation sites excluding steroid dienone is 1. The van der Waals surface area contributed by atoms with E-state index in [-0.39, 0.29) is 0 Å². The smallest absolute Gasteiger partial charge is 0.0818 e. The lowest BCUT2D eigenvalue weighted by atomic mass is 9.97. The van der Waals surface area contributed by atoms with Crippen LogP contribution in [-0.2, 0) is 4.74 Å². The van der Waals surface area contributed by atoms with Crippen LogP contribution in [0.5, 0.6) is 0 Å². The van der Waals surface area contributed by atoms with Crippen LogP contribution >= 0.6 is 0 Å². The Morgan fingerprint density at radius 1 is 1.80 bits per heavy atom. The largest absolute Gasteiger partial charge is 0.377 e. The van der Waals surface area contributed by atoms with Crippen LogP contribution in [0.2, 0.25) is 0 Å². The maximum Gasteiger partial charge on any atom is 0.0818 e. The summed E-state index contributed by atoms with van der Waals surface area (Å²) in [6, 6.07) is 0. The van der Waals surface area contributed by atoms with Gasteiger partial charge in [0.15, 0.2) is 0 Å². The molecule has 0 fully saturated rings. The van der Waals surface area contributed by atoms with Gasteiger partial charge in [-0.25, -0.2) is 0 Å². The van der Waals surface area contributed by atoms with E-state index >= 15 is 0 Å². The van der Waals surface area contributed by atoms with Crippen molar-refractivity contribution in [2.45, 2.75) is 25.4 Å². The Morgan fingerprint density at radius 3 is 3.10 bits per heavy atom. The van der Waals surface area contributed by atoms with Crippen LogP contribution in [0.25, 0.3) is 0 Å². The first-order valence-corrected chi connectivity index (χ1v) is 3.73. The molecule has 1 atom stereocenters. The molecule has 1 nitrogen and oxygen atoms in total. The van der Waals surface area contributed by atoms with Crippen molar-refractivity contribution < 1.29 is 4.74 Å². The minimum atomic E-state index is 0.311. The lowest BCUT2D eigenvalue weighted by Crippen LogP contribution is -2.15. The van der Waals surface area contributed by atoms with Gasteiger partial charge in [-0.15, -0.1) is 0 Å². The molecule has 0 aromatic rings. The van der Waals surface area contributed by atoms with Crippen molar-refractivity contribution >= 4 is 0 Å². The molecule has 0 aliphatic heterocycles. The van der Waals surface area contributed by atoms with E-state index < -0.39 is 0 Å². The Hall–Kier alpha value is -0.560. The average molecular weight is 138 g/mol. The molecule has 10 heavy (non-hydrogen) atoms. The van der Waals surface area contributed by atoms with E-state index in [1.807, 2.05) is 6.08 Å². The topological polar surface area (TPSA) is 9.23 Å². The van der Waals surface area contributed by atoms with Gasteiger partial charge in [-0.3, -0.25) is 0 Å². The third-order valence-electron chi connectivity index (χ3n) is 1.94. The van der Waals surface area contributed by atoms with Gasteiger partial charge in [-0.05, 0) is 24.8 Å². The van der Waals surface area contributed by atoms with Gasteiger partial charge in [0.25, 0.3) is 0 Å². The first-order chi connectivity index (χ1) is 4.88. The summed E-state index contributed by atoms with van der Waals surface area (Å²) in [7, 11) is 1.76. The third kappa shape index (κ3) is 1.48. The summed E-state index contributed by atoms with van der Waals surface area (Å²) in [6.07, 6.45) is 8.00. The first-order valence-electron chi connectivity index (χ1n) is 3.73. The maximum absolute atomic E-state index is 5.26. The van der Waals surface area contributed by atoms with Gasteiger partial charge >= 0.3 is 0 Å². The molecule has 0 aromatic heterocycles. The molecule has 56 valence electrons. The molecule has 0 saturated heterocycles. The number of hydrogen-bond acceptors (Lipinski definition) is 1. The SMILES string of the molecule is C=CC1=CCCCC1OC. The van der Waals surface area contributed by atoms with Crippen LogP contribution in [0, 0.1) is 0 Å². The van der Waals surface area contributed by atoms with E-state index in [1.54, 1.807) is 7.11 Å². The Kier molecular flexibility index (Phi) is 2.69. The molecule has 1 heteroatoms. The molecule has 0 spiro atoms. The number of hydrogen-bond donors (Lipinski definition) is 0. The third-order valence-corrected chi connectivity index (χ3v) is 1.94. The summed E-state index contributed by atoms with van der Waals surface area (Å²) >= 11 is 0. The summed E-state index contributed by atoms with van der Waals surface area (Å²) in [5.74, 6) is 0. The second kappa shape index (κ2) is 3.57. The molecule has 0 aromatic carbocycles. The molecular formula is C9H14O. The van der Waals surface area contributed by atoms with Gasteiger partial charge in [0.1, 0.15) is 0 Å². The van der Waals surface area contributed by atoms with Crippen LogP contribution in [0.1, 0.15) is 19.3 Å². The molecule has 0 radical (unpaired) electrons. The molecule has 0 N–H and O–H groups in total. The van der Waals surface area contributed by atoms with E-state index in [2.05, 4.69) is 12.7 Å². The summed E-state index contributed by atoms with van der Waals surface area (Å²) in [4.78, 5) is 0. The van der Waals surface area contributed by atoms with Gasteiger partial charge in [-0.1, -0.05) is 18.7 Å². The van der Waals surface area contributed by atoms with Crippen molar-refractivity contribution in [1.82, 2.24) is 0 Å². The highest BCUT2D eigenvalue weighted by Crippen LogP contribution is 2.20. The van der Waals surface area contributed by atoms with E-state index in [0.717, 1.165) is 6.42 Å². The summed E-state index contributed by atoms with van der Waals surface area (Å²) < 4.78 is 5.26. The van der Waals surface area contributed by atoms with Gasteiger partial charge in [0.2, 0.25) is 0 Å². The highest BCUT2D eigenvalue weighted by molar-refractivity contribution is 5.22. The zero-order chi connectivity index (χ0) is 7.40. The fraction of sp³-hybridized carbons (Fsp3) is 0.556. The van der Waals surface area contributed by atoms with Crippen LogP contribution in [0.15, 0.2) is 24.3 Å². The van der Waals surface area contributed by atoms with Crippen LogP contribution in [0.3, 0.4) is 0 Å². The molecular weight excluding hydrogens is 124 g/mol. The van der Waals surface area contributed by atoms with Crippen molar-refractivity contribution in [3.05, 3.63) is 24.3 Å². The van der Waals surface area contributed by atoms with Gasteiger partial charge < -0.3 is 4.74 Å². The fourth-order valence-electron chi connectivity index (χ4n) is 1.34. The fourth-order valence-corrected chi connectivity index (χ4v) is 1.34. The molecule has 0 amide bonds. The predicted molar refractivity (Wildman–Crippen MR) is 42.9 cm³/mol. The van der Waals surface area contributed by atoms with Gasteiger partial charge in [-0.2, -0.15) is 0 Å². The summed E-state index contributed by atoms with van der Waals surface area (Å²) in [5.41, 5.74) is 1.26. The standard InChI is InChI=1S/C9H14O/c1-3-8-6-4-5-7-9(8)10-2/h3,6,9H,1,4-5,7H2,2H3. The molecule has 0 heterocycles. The zero-order valence-corrected chi connectivity index (χ0v) is 6.47. The van der Waals surface area contributed by atoms with Crippen molar-refractivity contribution in [3.8, 4) is 0 Å². The molecule has 1 unspecified atom stereocenters. The lowest BCUT2D eigenvalue weighted by molar-refractivity contribution is 0.121. The number of rotatable bonds is 2. The zero-order valence-electron chi connectivity index (χ0n) is 6.47. The second-order valence-electron chi connectivity index (χ2n) is 2.56. The molecule has 0 bridgehead atoms. The Morgan fingerprint density at radius 2 is 2.60 bits per heavy atom. The Labute approximate surface area is 62.4 Å². The minimum absolute atomic E-state index is 0.311. The summed E-state index contributed by atoms with van der Waals surface area (Å²) in [6.45, 7) is 3.73. The molecule has 0 saturated carbocycles. The van der Waals surface area contributed by atoms with E-state index in [4.69, 9.17) is 4.74 Å². The molecule has 1 rings (SSSR count). The normalized spacial score (nSPS) is 25.7. The monoisotopic (exact) mass is 138 g/mol. The Balaban J connectivity index is 2.62. The predicted octanol–water partition coefficient (Wildman–Crippen LogP) is 2.30. The van der Waals surface area contributed by atoms with Crippen molar-refractivity contribution in [2.75, 3.05) is 7.11 Å². The van der Waals surface area contributed by atoms with Crippen LogP contribution < -0.4 is 0 Å². The van der Waals surface area contributed by atoms with Crippen molar-refractivity contribution in [3.63, 3.8) is 0 Å². The minimum Gasteiger partial charge on any atom is -0.377 e. The quantitative estimate of drug-likeness (QED) is 0.569. The highest BCUT2D eigenvalue weighted by Gasteiger charge is 2.13.